The Hall–Kier alpha value is -0.510. The summed E-state index contributed by atoms with van der Waals surface area (Å²) in [4.78, 5) is 3.71. The number of hydrogen-bond donors (Lipinski definition) is 1. The van der Waals surface area contributed by atoms with E-state index in [2.05, 4.69) is 52.7 Å². The first-order valence-electron chi connectivity index (χ1n) is 11.1. The standard InChI is InChI=1S/C24H36IN/c1-2-3-4-5-6-7-8-9-10-11-12-19-13-15-21-22-18-20(25)14-16-23(22)26-24(21)17-19/h14,16,18-19,26H,2-13,15,17H2,1H3. The zero-order valence-corrected chi connectivity index (χ0v) is 18.7. The molecule has 1 aliphatic carbocycles. The van der Waals surface area contributed by atoms with Crippen LogP contribution in [0.5, 0.6) is 0 Å². The first-order chi connectivity index (χ1) is 12.8. The van der Waals surface area contributed by atoms with Gasteiger partial charge in [0.2, 0.25) is 0 Å². The van der Waals surface area contributed by atoms with Gasteiger partial charge in [0.05, 0.1) is 0 Å². The number of rotatable bonds is 11. The van der Waals surface area contributed by atoms with Gasteiger partial charge in [0.15, 0.2) is 0 Å². The maximum absolute atomic E-state index is 3.71. The molecule has 2 heteroatoms. The summed E-state index contributed by atoms with van der Waals surface area (Å²) in [5.74, 6) is 0.906. The van der Waals surface area contributed by atoms with Crippen LogP contribution in [0, 0.1) is 9.49 Å². The average Bonchev–Trinajstić information content (AvgIpc) is 3.00. The number of aromatic nitrogens is 1. The van der Waals surface area contributed by atoms with Crippen LogP contribution in [-0.4, -0.2) is 4.98 Å². The van der Waals surface area contributed by atoms with Crippen molar-refractivity contribution in [1.29, 1.82) is 0 Å². The van der Waals surface area contributed by atoms with Crippen molar-refractivity contribution < 1.29 is 0 Å². The number of fused-ring (bicyclic) bond motifs is 3. The smallest absolute Gasteiger partial charge is 0.0459 e. The van der Waals surface area contributed by atoms with E-state index in [0.29, 0.717) is 0 Å². The number of H-pyrrole nitrogens is 1. The maximum Gasteiger partial charge on any atom is 0.0459 e. The molecule has 0 aliphatic heterocycles. The van der Waals surface area contributed by atoms with Crippen molar-refractivity contribution in [2.75, 3.05) is 0 Å². The summed E-state index contributed by atoms with van der Waals surface area (Å²) in [6.07, 6.45) is 19.8. The highest BCUT2D eigenvalue weighted by molar-refractivity contribution is 14.1. The predicted octanol–water partition coefficient (Wildman–Crippen LogP) is 8.19. The van der Waals surface area contributed by atoms with Crippen molar-refractivity contribution in [2.45, 2.75) is 96.8 Å². The van der Waals surface area contributed by atoms with Crippen LogP contribution in [0.3, 0.4) is 0 Å². The second-order valence-corrected chi connectivity index (χ2v) is 9.60. The Kier molecular flexibility index (Phi) is 8.35. The Morgan fingerprint density at radius 3 is 2.38 bits per heavy atom. The third-order valence-electron chi connectivity index (χ3n) is 6.22. The monoisotopic (exact) mass is 465 g/mol. The summed E-state index contributed by atoms with van der Waals surface area (Å²) in [6.45, 7) is 2.30. The van der Waals surface area contributed by atoms with Gasteiger partial charge in [0.1, 0.15) is 0 Å². The second-order valence-electron chi connectivity index (χ2n) is 8.35. The molecule has 1 heterocycles. The van der Waals surface area contributed by atoms with Crippen LogP contribution in [0.15, 0.2) is 18.2 Å². The van der Waals surface area contributed by atoms with Crippen molar-refractivity contribution in [3.05, 3.63) is 33.0 Å². The van der Waals surface area contributed by atoms with E-state index in [1.165, 1.54) is 110 Å². The van der Waals surface area contributed by atoms with Crippen molar-refractivity contribution in [3.8, 4) is 0 Å². The lowest BCUT2D eigenvalue weighted by atomic mass is 9.84. The number of hydrogen-bond acceptors (Lipinski definition) is 0. The molecular formula is C24H36IN. The summed E-state index contributed by atoms with van der Waals surface area (Å²) in [6, 6.07) is 6.83. The van der Waals surface area contributed by atoms with Crippen LogP contribution in [0.4, 0.5) is 0 Å². The van der Waals surface area contributed by atoms with Crippen LogP contribution >= 0.6 is 22.6 Å². The minimum atomic E-state index is 0.906. The van der Waals surface area contributed by atoms with E-state index in [1.54, 1.807) is 5.56 Å². The molecule has 0 saturated carbocycles. The Morgan fingerprint density at radius 2 is 1.65 bits per heavy atom. The average molecular weight is 465 g/mol. The van der Waals surface area contributed by atoms with Gasteiger partial charge in [0.25, 0.3) is 0 Å². The lowest BCUT2D eigenvalue weighted by Gasteiger charge is -2.22. The largest absolute Gasteiger partial charge is 0.358 e. The van der Waals surface area contributed by atoms with Crippen LogP contribution in [-0.2, 0) is 12.8 Å². The molecule has 1 N–H and O–H groups in total. The van der Waals surface area contributed by atoms with Crippen molar-refractivity contribution in [3.63, 3.8) is 0 Å². The number of nitrogens with one attached hydrogen (secondary N) is 1. The van der Waals surface area contributed by atoms with E-state index >= 15 is 0 Å². The van der Waals surface area contributed by atoms with E-state index in [-0.39, 0.29) is 0 Å². The second kappa shape index (κ2) is 10.7. The molecule has 1 nitrogen and oxygen atoms in total. The highest BCUT2D eigenvalue weighted by Gasteiger charge is 2.22. The van der Waals surface area contributed by atoms with Gasteiger partial charge in [-0.1, -0.05) is 77.6 Å². The molecule has 0 spiro atoms. The number of aryl methyl sites for hydroxylation is 1. The van der Waals surface area contributed by atoms with E-state index in [0.717, 1.165) is 5.92 Å². The SMILES string of the molecule is CCCCCCCCCCCCC1CCc2c([nH]c3ccc(I)cc23)C1. The molecule has 0 amide bonds. The zero-order valence-electron chi connectivity index (χ0n) is 16.6. The van der Waals surface area contributed by atoms with Gasteiger partial charge in [0, 0.05) is 20.2 Å². The number of halogens is 1. The molecule has 0 radical (unpaired) electrons. The fourth-order valence-electron chi connectivity index (χ4n) is 4.64. The van der Waals surface area contributed by atoms with Gasteiger partial charge in [-0.2, -0.15) is 0 Å². The molecule has 26 heavy (non-hydrogen) atoms. The number of benzene rings is 1. The molecule has 1 unspecified atom stereocenters. The Labute approximate surface area is 173 Å². The van der Waals surface area contributed by atoms with Gasteiger partial charge < -0.3 is 4.98 Å². The van der Waals surface area contributed by atoms with Crippen LogP contribution in [0.2, 0.25) is 0 Å². The molecule has 1 atom stereocenters. The highest BCUT2D eigenvalue weighted by atomic mass is 127. The van der Waals surface area contributed by atoms with E-state index in [4.69, 9.17) is 0 Å². The predicted molar refractivity (Wildman–Crippen MR) is 123 cm³/mol. The third-order valence-corrected chi connectivity index (χ3v) is 6.89. The summed E-state index contributed by atoms with van der Waals surface area (Å²) in [5.41, 5.74) is 4.48. The van der Waals surface area contributed by atoms with E-state index in [1.807, 2.05) is 0 Å². The molecule has 3 rings (SSSR count). The van der Waals surface area contributed by atoms with Gasteiger partial charge in [-0.15, -0.1) is 0 Å². The Morgan fingerprint density at radius 1 is 0.962 bits per heavy atom. The molecule has 0 saturated heterocycles. The van der Waals surface area contributed by atoms with Crippen LogP contribution < -0.4 is 0 Å². The van der Waals surface area contributed by atoms with Crippen molar-refractivity contribution in [2.24, 2.45) is 5.92 Å². The fraction of sp³-hybridized carbons (Fsp3) is 0.667. The maximum atomic E-state index is 3.71. The molecule has 0 bridgehead atoms. The minimum absolute atomic E-state index is 0.906. The number of unbranched alkanes of at least 4 members (excludes halogenated alkanes) is 9. The quantitative estimate of drug-likeness (QED) is 0.254. The topological polar surface area (TPSA) is 15.8 Å². The normalized spacial score (nSPS) is 16.9. The van der Waals surface area contributed by atoms with Crippen LogP contribution in [0.25, 0.3) is 10.9 Å². The number of aromatic amines is 1. The summed E-state index contributed by atoms with van der Waals surface area (Å²) in [7, 11) is 0. The lowest BCUT2D eigenvalue weighted by molar-refractivity contribution is 0.401. The van der Waals surface area contributed by atoms with Gasteiger partial charge in [-0.05, 0) is 71.5 Å². The van der Waals surface area contributed by atoms with Crippen molar-refractivity contribution in [1.82, 2.24) is 4.98 Å². The molecule has 1 aliphatic rings. The first-order valence-corrected chi connectivity index (χ1v) is 12.1. The molecule has 1 aromatic carbocycles. The fourth-order valence-corrected chi connectivity index (χ4v) is 5.13. The minimum Gasteiger partial charge on any atom is -0.358 e. The molecular weight excluding hydrogens is 429 g/mol. The van der Waals surface area contributed by atoms with Crippen LogP contribution in [0.1, 0.15) is 95.2 Å². The first kappa shape index (κ1) is 20.2. The Balaban J connectivity index is 1.32. The van der Waals surface area contributed by atoms with Gasteiger partial charge >= 0.3 is 0 Å². The summed E-state index contributed by atoms with van der Waals surface area (Å²) in [5, 5.41) is 1.48. The molecule has 0 fully saturated rings. The van der Waals surface area contributed by atoms with E-state index in [9.17, 15) is 0 Å². The molecule has 1 aromatic heterocycles. The van der Waals surface area contributed by atoms with E-state index < -0.39 is 0 Å². The lowest BCUT2D eigenvalue weighted by Crippen LogP contribution is -2.13. The van der Waals surface area contributed by atoms with Crippen molar-refractivity contribution >= 4 is 33.5 Å². The highest BCUT2D eigenvalue weighted by Crippen LogP contribution is 2.34. The van der Waals surface area contributed by atoms with Gasteiger partial charge in [-0.3, -0.25) is 0 Å². The summed E-state index contributed by atoms with van der Waals surface area (Å²) < 4.78 is 1.35. The molecule has 2 aromatic rings. The zero-order chi connectivity index (χ0) is 18.2. The Bertz CT molecular complexity index is 672. The molecule has 144 valence electrons. The summed E-state index contributed by atoms with van der Waals surface area (Å²) >= 11 is 2.43. The third kappa shape index (κ3) is 5.74. The van der Waals surface area contributed by atoms with Gasteiger partial charge in [-0.25, -0.2) is 0 Å².